The minimum Gasteiger partial charge on any atom is -0.460 e. The highest BCUT2D eigenvalue weighted by molar-refractivity contribution is 5.86. The molecule has 1 amide bonds. The van der Waals surface area contributed by atoms with E-state index in [1.54, 1.807) is 13.0 Å². The predicted octanol–water partition coefficient (Wildman–Crippen LogP) is 3.07. The van der Waals surface area contributed by atoms with Crippen molar-refractivity contribution in [3.8, 4) is 0 Å². The molecule has 0 bridgehead atoms. The van der Waals surface area contributed by atoms with Gasteiger partial charge in [0, 0.05) is 31.0 Å². The average Bonchev–Trinajstić information content (AvgIpc) is 3.06. The first kappa shape index (κ1) is 19.0. The minimum absolute atomic E-state index is 0.187. The number of nitrogens with zero attached hydrogens (tertiary/aromatic N) is 2. The standard InChI is InChI=1S/C20H30N2O4/c1-4-25-19(24)17-7-6-16(26-17)12-21-11-5-9-20(13-21)10-8-18(23)22(14-20)15(2)3/h6-7,15H,4-5,8-14H2,1-3H3. The fourth-order valence-corrected chi connectivity index (χ4v) is 4.29. The highest BCUT2D eigenvalue weighted by Gasteiger charge is 2.42. The predicted molar refractivity (Wildman–Crippen MR) is 97.7 cm³/mol. The molecule has 26 heavy (non-hydrogen) atoms. The lowest BCUT2D eigenvalue weighted by molar-refractivity contribution is -0.141. The van der Waals surface area contributed by atoms with Crippen LogP contribution in [0.25, 0.3) is 0 Å². The Balaban J connectivity index is 1.64. The molecule has 2 fully saturated rings. The van der Waals surface area contributed by atoms with E-state index in [4.69, 9.17) is 9.15 Å². The fraction of sp³-hybridized carbons (Fsp3) is 0.700. The van der Waals surface area contributed by atoms with Gasteiger partial charge in [0.25, 0.3) is 0 Å². The van der Waals surface area contributed by atoms with Gasteiger partial charge < -0.3 is 14.1 Å². The van der Waals surface area contributed by atoms with Crippen LogP contribution in [0.5, 0.6) is 0 Å². The Hall–Kier alpha value is -1.82. The number of piperidine rings is 2. The Labute approximate surface area is 155 Å². The Morgan fingerprint density at radius 2 is 2.12 bits per heavy atom. The maximum absolute atomic E-state index is 12.2. The van der Waals surface area contributed by atoms with Crippen LogP contribution in [-0.4, -0.2) is 54.0 Å². The van der Waals surface area contributed by atoms with Crippen LogP contribution >= 0.6 is 0 Å². The molecule has 0 aliphatic carbocycles. The third kappa shape index (κ3) is 4.11. The van der Waals surface area contributed by atoms with Crippen molar-refractivity contribution in [2.24, 2.45) is 5.41 Å². The first-order valence-electron chi connectivity index (χ1n) is 9.70. The lowest BCUT2D eigenvalue weighted by Crippen LogP contribution is -2.55. The number of furan rings is 1. The Morgan fingerprint density at radius 3 is 2.85 bits per heavy atom. The Kier molecular flexibility index (Phi) is 5.70. The Morgan fingerprint density at radius 1 is 1.31 bits per heavy atom. The number of carbonyl (C=O) groups excluding carboxylic acids is 2. The highest BCUT2D eigenvalue weighted by atomic mass is 16.5. The molecular formula is C20H30N2O4. The van der Waals surface area contributed by atoms with Crippen molar-refractivity contribution in [2.45, 2.75) is 59.0 Å². The molecule has 1 spiro atoms. The van der Waals surface area contributed by atoms with Gasteiger partial charge in [0.15, 0.2) is 0 Å². The molecule has 2 saturated heterocycles. The first-order valence-corrected chi connectivity index (χ1v) is 9.70. The molecule has 0 aromatic carbocycles. The van der Waals surface area contributed by atoms with Crippen molar-refractivity contribution in [2.75, 3.05) is 26.2 Å². The summed E-state index contributed by atoms with van der Waals surface area (Å²) in [4.78, 5) is 28.4. The zero-order valence-electron chi connectivity index (χ0n) is 16.1. The van der Waals surface area contributed by atoms with Gasteiger partial charge in [-0.2, -0.15) is 0 Å². The monoisotopic (exact) mass is 362 g/mol. The average molecular weight is 362 g/mol. The molecule has 1 aromatic rings. The number of carbonyl (C=O) groups is 2. The molecule has 3 rings (SSSR count). The number of hydrogen-bond donors (Lipinski definition) is 0. The van der Waals surface area contributed by atoms with Crippen LogP contribution in [0.4, 0.5) is 0 Å². The summed E-state index contributed by atoms with van der Waals surface area (Å²) in [7, 11) is 0. The van der Waals surface area contributed by atoms with E-state index in [0.717, 1.165) is 38.2 Å². The summed E-state index contributed by atoms with van der Waals surface area (Å²) in [6, 6.07) is 3.80. The van der Waals surface area contributed by atoms with Gasteiger partial charge in [0.1, 0.15) is 5.76 Å². The van der Waals surface area contributed by atoms with Crippen molar-refractivity contribution < 1.29 is 18.7 Å². The van der Waals surface area contributed by atoms with E-state index >= 15 is 0 Å². The summed E-state index contributed by atoms with van der Waals surface area (Å²) < 4.78 is 10.7. The van der Waals surface area contributed by atoms with Crippen LogP contribution in [0.3, 0.4) is 0 Å². The molecule has 1 aromatic heterocycles. The first-order chi connectivity index (χ1) is 12.4. The van der Waals surface area contributed by atoms with Gasteiger partial charge in [-0.15, -0.1) is 0 Å². The maximum atomic E-state index is 12.2. The van der Waals surface area contributed by atoms with E-state index in [1.807, 2.05) is 11.0 Å². The highest BCUT2D eigenvalue weighted by Crippen LogP contribution is 2.39. The van der Waals surface area contributed by atoms with E-state index in [2.05, 4.69) is 18.7 Å². The second kappa shape index (κ2) is 7.82. The van der Waals surface area contributed by atoms with E-state index in [9.17, 15) is 9.59 Å². The molecule has 1 unspecified atom stereocenters. The van der Waals surface area contributed by atoms with Crippen LogP contribution in [0.1, 0.15) is 62.8 Å². The Bertz CT molecular complexity index is 654. The third-order valence-electron chi connectivity index (χ3n) is 5.58. The molecular weight excluding hydrogens is 332 g/mol. The SMILES string of the molecule is CCOC(=O)c1ccc(CN2CCCC3(CCC(=O)N(C(C)C)C3)C2)o1. The molecule has 0 N–H and O–H groups in total. The van der Waals surface area contributed by atoms with E-state index in [1.165, 1.54) is 6.42 Å². The molecule has 0 saturated carbocycles. The van der Waals surface area contributed by atoms with Crippen molar-refractivity contribution in [3.05, 3.63) is 23.7 Å². The number of esters is 1. The summed E-state index contributed by atoms with van der Waals surface area (Å²) in [5.74, 6) is 0.931. The smallest absolute Gasteiger partial charge is 0.374 e. The number of likely N-dealkylation sites (tertiary alicyclic amines) is 2. The second-order valence-corrected chi connectivity index (χ2v) is 7.92. The summed E-state index contributed by atoms with van der Waals surface area (Å²) >= 11 is 0. The van der Waals surface area contributed by atoms with Crippen molar-refractivity contribution in [3.63, 3.8) is 0 Å². The quantitative estimate of drug-likeness (QED) is 0.753. The van der Waals surface area contributed by atoms with Gasteiger partial charge in [-0.3, -0.25) is 9.69 Å². The molecule has 3 heterocycles. The minimum atomic E-state index is -0.410. The van der Waals surface area contributed by atoms with Crippen LogP contribution in [-0.2, 0) is 16.1 Å². The van der Waals surface area contributed by atoms with Crippen LogP contribution in [0.15, 0.2) is 16.5 Å². The fourth-order valence-electron chi connectivity index (χ4n) is 4.29. The molecule has 2 aliphatic rings. The number of rotatable bonds is 5. The topological polar surface area (TPSA) is 63.0 Å². The molecule has 2 aliphatic heterocycles. The molecule has 6 nitrogen and oxygen atoms in total. The lowest BCUT2D eigenvalue weighted by Gasteiger charge is -2.49. The van der Waals surface area contributed by atoms with E-state index in [0.29, 0.717) is 19.6 Å². The lowest BCUT2D eigenvalue weighted by atomic mass is 9.73. The summed E-state index contributed by atoms with van der Waals surface area (Å²) in [5, 5.41) is 0. The normalized spacial score (nSPS) is 24.5. The second-order valence-electron chi connectivity index (χ2n) is 7.92. The van der Waals surface area contributed by atoms with Gasteiger partial charge >= 0.3 is 5.97 Å². The van der Waals surface area contributed by atoms with Gasteiger partial charge in [0.2, 0.25) is 11.7 Å². The van der Waals surface area contributed by atoms with E-state index < -0.39 is 5.97 Å². The summed E-state index contributed by atoms with van der Waals surface area (Å²) in [5.41, 5.74) is 0.187. The van der Waals surface area contributed by atoms with Crippen molar-refractivity contribution >= 4 is 11.9 Å². The summed E-state index contributed by atoms with van der Waals surface area (Å²) in [6.45, 7) is 9.85. The summed E-state index contributed by atoms with van der Waals surface area (Å²) in [6.07, 6.45) is 3.93. The van der Waals surface area contributed by atoms with Gasteiger partial charge in [-0.05, 0) is 58.7 Å². The number of hydrogen-bond acceptors (Lipinski definition) is 5. The van der Waals surface area contributed by atoms with Gasteiger partial charge in [0.05, 0.1) is 13.2 Å². The number of amides is 1. The van der Waals surface area contributed by atoms with Crippen LogP contribution < -0.4 is 0 Å². The largest absolute Gasteiger partial charge is 0.460 e. The molecule has 1 atom stereocenters. The molecule has 0 radical (unpaired) electrons. The zero-order valence-corrected chi connectivity index (χ0v) is 16.1. The van der Waals surface area contributed by atoms with Crippen LogP contribution in [0.2, 0.25) is 0 Å². The van der Waals surface area contributed by atoms with Crippen molar-refractivity contribution in [1.29, 1.82) is 0 Å². The van der Waals surface area contributed by atoms with Crippen molar-refractivity contribution in [1.82, 2.24) is 9.80 Å². The van der Waals surface area contributed by atoms with Crippen LogP contribution in [0, 0.1) is 5.41 Å². The number of ether oxygens (including phenoxy) is 1. The molecule has 6 heteroatoms. The maximum Gasteiger partial charge on any atom is 0.374 e. The van der Waals surface area contributed by atoms with Gasteiger partial charge in [-0.1, -0.05) is 0 Å². The van der Waals surface area contributed by atoms with E-state index in [-0.39, 0.29) is 23.1 Å². The third-order valence-corrected chi connectivity index (χ3v) is 5.58. The zero-order chi connectivity index (χ0) is 18.7. The molecule has 144 valence electrons. The van der Waals surface area contributed by atoms with Gasteiger partial charge in [-0.25, -0.2) is 4.79 Å².